The van der Waals surface area contributed by atoms with Crippen molar-refractivity contribution in [3.8, 4) is 0 Å². The van der Waals surface area contributed by atoms with E-state index in [0.29, 0.717) is 17.2 Å². The lowest BCUT2D eigenvalue weighted by Gasteiger charge is -2.20. The number of benzene rings is 1. The van der Waals surface area contributed by atoms with Gasteiger partial charge in [0.2, 0.25) is 5.95 Å². The van der Waals surface area contributed by atoms with Gasteiger partial charge in [-0.05, 0) is 58.0 Å². The van der Waals surface area contributed by atoms with Crippen LogP contribution in [0, 0.1) is 0 Å². The van der Waals surface area contributed by atoms with Gasteiger partial charge in [-0.15, -0.1) is 0 Å². The second-order valence-electron chi connectivity index (χ2n) is 6.23. The molecule has 2 N–H and O–H groups in total. The van der Waals surface area contributed by atoms with E-state index in [9.17, 15) is 9.59 Å². The first kappa shape index (κ1) is 16.6. The standard InChI is InChI=1S/C17H20N4O2/c1-11(22)12-5-7-13(8-6-12)19-15(23)14-9-10-18-16(20-14)21-17(2,3)4/h5-10H,1-4H3,(H,19,23)(H,18,20,21). The zero-order valence-electron chi connectivity index (χ0n) is 13.7. The first-order valence-electron chi connectivity index (χ1n) is 7.28. The van der Waals surface area contributed by atoms with E-state index in [2.05, 4.69) is 20.6 Å². The van der Waals surface area contributed by atoms with Crippen molar-refractivity contribution in [1.29, 1.82) is 0 Å². The molecule has 0 spiro atoms. The lowest BCUT2D eigenvalue weighted by molar-refractivity contribution is 0.101. The SMILES string of the molecule is CC(=O)c1ccc(NC(=O)c2ccnc(NC(C)(C)C)n2)cc1. The van der Waals surface area contributed by atoms with Crippen LogP contribution in [0.15, 0.2) is 36.5 Å². The van der Waals surface area contributed by atoms with Crippen LogP contribution in [-0.2, 0) is 0 Å². The number of ketones is 1. The Balaban J connectivity index is 2.11. The van der Waals surface area contributed by atoms with Crippen molar-refractivity contribution >= 4 is 23.3 Å². The van der Waals surface area contributed by atoms with Gasteiger partial charge >= 0.3 is 0 Å². The minimum atomic E-state index is -0.333. The smallest absolute Gasteiger partial charge is 0.274 e. The highest BCUT2D eigenvalue weighted by atomic mass is 16.2. The van der Waals surface area contributed by atoms with Gasteiger partial charge < -0.3 is 10.6 Å². The van der Waals surface area contributed by atoms with Crippen molar-refractivity contribution in [2.75, 3.05) is 10.6 Å². The summed E-state index contributed by atoms with van der Waals surface area (Å²) in [5.41, 5.74) is 1.27. The van der Waals surface area contributed by atoms with Gasteiger partial charge in [0.1, 0.15) is 5.69 Å². The minimum absolute atomic E-state index is 0.0171. The number of aromatic nitrogens is 2. The molecule has 0 atom stereocenters. The van der Waals surface area contributed by atoms with Crippen molar-refractivity contribution in [2.24, 2.45) is 0 Å². The Bertz CT molecular complexity index is 718. The summed E-state index contributed by atoms with van der Waals surface area (Å²) in [6, 6.07) is 8.26. The lowest BCUT2D eigenvalue weighted by Crippen LogP contribution is -2.28. The molecule has 1 amide bonds. The van der Waals surface area contributed by atoms with Crippen LogP contribution < -0.4 is 10.6 Å². The molecule has 0 fully saturated rings. The van der Waals surface area contributed by atoms with Crippen molar-refractivity contribution < 1.29 is 9.59 Å². The molecular formula is C17H20N4O2. The average Bonchev–Trinajstić information content (AvgIpc) is 2.46. The fraction of sp³-hybridized carbons (Fsp3) is 0.294. The molecule has 2 aromatic rings. The summed E-state index contributed by atoms with van der Waals surface area (Å²) in [7, 11) is 0. The molecule has 0 aliphatic heterocycles. The van der Waals surface area contributed by atoms with Gasteiger partial charge in [0, 0.05) is 23.0 Å². The van der Waals surface area contributed by atoms with Gasteiger partial charge in [-0.1, -0.05) is 0 Å². The first-order valence-corrected chi connectivity index (χ1v) is 7.28. The molecule has 23 heavy (non-hydrogen) atoms. The van der Waals surface area contributed by atoms with Gasteiger partial charge in [0.15, 0.2) is 5.78 Å². The maximum absolute atomic E-state index is 12.3. The molecule has 1 heterocycles. The van der Waals surface area contributed by atoms with E-state index in [4.69, 9.17) is 0 Å². The Labute approximate surface area is 135 Å². The van der Waals surface area contributed by atoms with Gasteiger partial charge in [-0.25, -0.2) is 9.97 Å². The second-order valence-corrected chi connectivity index (χ2v) is 6.23. The Kier molecular flexibility index (Phi) is 4.74. The summed E-state index contributed by atoms with van der Waals surface area (Å²) in [6.45, 7) is 7.46. The van der Waals surface area contributed by atoms with Crippen molar-refractivity contribution in [2.45, 2.75) is 33.2 Å². The number of rotatable bonds is 4. The van der Waals surface area contributed by atoms with E-state index in [1.165, 1.54) is 13.1 Å². The summed E-state index contributed by atoms with van der Waals surface area (Å²) >= 11 is 0. The Morgan fingerprint density at radius 3 is 2.26 bits per heavy atom. The second kappa shape index (κ2) is 6.56. The molecule has 6 heteroatoms. The normalized spacial score (nSPS) is 11.0. The molecule has 1 aromatic heterocycles. The molecule has 6 nitrogen and oxygen atoms in total. The third kappa shape index (κ3) is 4.88. The summed E-state index contributed by atoms with van der Waals surface area (Å²) < 4.78 is 0. The van der Waals surface area contributed by atoms with Crippen LogP contribution in [-0.4, -0.2) is 27.2 Å². The van der Waals surface area contributed by atoms with Crippen LogP contribution in [0.3, 0.4) is 0 Å². The largest absolute Gasteiger partial charge is 0.350 e. The zero-order valence-corrected chi connectivity index (χ0v) is 13.7. The van der Waals surface area contributed by atoms with Crippen molar-refractivity contribution in [1.82, 2.24) is 9.97 Å². The third-order valence-corrected chi connectivity index (χ3v) is 2.92. The van der Waals surface area contributed by atoms with Gasteiger partial charge in [-0.2, -0.15) is 0 Å². The summed E-state index contributed by atoms with van der Waals surface area (Å²) in [5, 5.41) is 5.87. The maximum atomic E-state index is 12.3. The van der Waals surface area contributed by atoms with Crippen LogP contribution >= 0.6 is 0 Å². The van der Waals surface area contributed by atoms with E-state index in [1.807, 2.05) is 20.8 Å². The molecule has 0 saturated heterocycles. The van der Waals surface area contributed by atoms with Crippen LogP contribution in [0.25, 0.3) is 0 Å². The zero-order chi connectivity index (χ0) is 17.0. The van der Waals surface area contributed by atoms with E-state index in [0.717, 1.165) is 0 Å². The molecule has 120 valence electrons. The quantitative estimate of drug-likeness (QED) is 0.847. The fourth-order valence-corrected chi connectivity index (χ4v) is 1.86. The fourth-order valence-electron chi connectivity index (χ4n) is 1.86. The highest BCUT2D eigenvalue weighted by molar-refractivity contribution is 6.03. The third-order valence-electron chi connectivity index (χ3n) is 2.92. The number of hydrogen-bond acceptors (Lipinski definition) is 5. The molecule has 0 unspecified atom stereocenters. The topological polar surface area (TPSA) is 84.0 Å². The van der Waals surface area contributed by atoms with Crippen molar-refractivity contribution in [3.63, 3.8) is 0 Å². The summed E-state index contributed by atoms with van der Waals surface area (Å²) in [5.74, 6) is 0.0496. The molecule has 0 aliphatic carbocycles. The minimum Gasteiger partial charge on any atom is -0.350 e. The summed E-state index contributed by atoms with van der Waals surface area (Å²) in [6.07, 6.45) is 1.54. The van der Waals surface area contributed by atoms with Gasteiger partial charge in [0.25, 0.3) is 5.91 Å². The van der Waals surface area contributed by atoms with E-state index in [1.54, 1.807) is 30.3 Å². The monoisotopic (exact) mass is 312 g/mol. The first-order chi connectivity index (χ1) is 10.7. The predicted octanol–water partition coefficient (Wildman–Crippen LogP) is 3.14. The number of anilines is 2. The summed E-state index contributed by atoms with van der Waals surface area (Å²) in [4.78, 5) is 31.8. The van der Waals surface area contributed by atoms with Crippen molar-refractivity contribution in [3.05, 3.63) is 47.8 Å². The highest BCUT2D eigenvalue weighted by Crippen LogP contribution is 2.13. The Morgan fingerprint density at radius 1 is 1.04 bits per heavy atom. The predicted molar refractivity (Wildman–Crippen MR) is 89.8 cm³/mol. The number of nitrogens with zero attached hydrogens (tertiary/aromatic N) is 2. The number of amides is 1. The molecule has 0 bridgehead atoms. The number of Topliss-reactive ketones (excluding diaryl/α,β-unsaturated/α-hetero) is 1. The molecule has 0 radical (unpaired) electrons. The van der Waals surface area contributed by atoms with E-state index >= 15 is 0 Å². The van der Waals surface area contributed by atoms with Gasteiger partial charge in [0.05, 0.1) is 0 Å². The molecule has 2 rings (SSSR count). The van der Waals surface area contributed by atoms with E-state index < -0.39 is 0 Å². The molecule has 1 aromatic carbocycles. The number of nitrogens with one attached hydrogen (secondary N) is 2. The Hall–Kier alpha value is -2.76. The highest BCUT2D eigenvalue weighted by Gasteiger charge is 2.14. The van der Waals surface area contributed by atoms with E-state index in [-0.39, 0.29) is 22.9 Å². The number of carbonyl (C=O) groups excluding carboxylic acids is 2. The Morgan fingerprint density at radius 2 is 1.70 bits per heavy atom. The van der Waals surface area contributed by atoms with Crippen LogP contribution in [0.2, 0.25) is 0 Å². The van der Waals surface area contributed by atoms with Crippen LogP contribution in [0.4, 0.5) is 11.6 Å². The van der Waals surface area contributed by atoms with Gasteiger partial charge in [-0.3, -0.25) is 9.59 Å². The lowest BCUT2D eigenvalue weighted by atomic mass is 10.1. The molecule has 0 saturated carbocycles. The maximum Gasteiger partial charge on any atom is 0.274 e. The van der Waals surface area contributed by atoms with Crippen LogP contribution in [0.5, 0.6) is 0 Å². The molecular weight excluding hydrogens is 292 g/mol. The number of carbonyl (C=O) groups is 2. The molecule has 0 aliphatic rings. The average molecular weight is 312 g/mol. The number of hydrogen-bond donors (Lipinski definition) is 2. The van der Waals surface area contributed by atoms with Crippen LogP contribution in [0.1, 0.15) is 48.5 Å².